The number of benzene rings is 1. The van der Waals surface area contributed by atoms with Gasteiger partial charge in [0.05, 0.1) is 13.7 Å². The van der Waals surface area contributed by atoms with Crippen molar-refractivity contribution in [3.05, 3.63) is 29.3 Å². The number of nitrogens with zero attached hydrogens (tertiary/aromatic N) is 1. The number of esters is 1. The van der Waals surface area contributed by atoms with Crippen LogP contribution >= 0.6 is 11.6 Å². The molecule has 1 spiro atoms. The quantitative estimate of drug-likeness (QED) is 0.840. The summed E-state index contributed by atoms with van der Waals surface area (Å²) in [4.78, 5) is 25.2. The van der Waals surface area contributed by atoms with Crippen LogP contribution in [0.5, 0.6) is 0 Å². The summed E-state index contributed by atoms with van der Waals surface area (Å²) < 4.78 is 10.2. The van der Waals surface area contributed by atoms with E-state index in [9.17, 15) is 9.59 Å². The van der Waals surface area contributed by atoms with Crippen LogP contribution in [-0.2, 0) is 14.3 Å². The highest BCUT2D eigenvalue weighted by Crippen LogP contribution is 2.34. The van der Waals surface area contributed by atoms with Gasteiger partial charge in [-0.05, 0) is 18.2 Å². The third-order valence-electron chi connectivity index (χ3n) is 3.82. The highest BCUT2D eigenvalue weighted by Gasteiger charge is 2.52. The standard InChI is InChI=1S/C14H15ClN2O4/c1-20-12(18)11-6-14(7-16-11)8-17(13(19)21-14)10-4-2-3-9(15)5-10/h2-5,11,16H,6-8H2,1H3. The minimum Gasteiger partial charge on any atom is -0.468 e. The molecule has 1 aromatic carbocycles. The summed E-state index contributed by atoms with van der Waals surface area (Å²) in [5.41, 5.74) is -0.0102. The van der Waals surface area contributed by atoms with E-state index in [2.05, 4.69) is 5.32 Å². The number of anilines is 1. The van der Waals surface area contributed by atoms with E-state index in [0.29, 0.717) is 30.2 Å². The Morgan fingerprint density at radius 3 is 3.10 bits per heavy atom. The maximum Gasteiger partial charge on any atom is 0.415 e. The van der Waals surface area contributed by atoms with Gasteiger partial charge in [-0.25, -0.2) is 4.79 Å². The van der Waals surface area contributed by atoms with Gasteiger partial charge >= 0.3 is 12.1 Å². The van der Waals surface area contributed by atoms with Crippen molar-refractivity contribution >= 4 is 29.4 Å². The Morgan fingerprint density at radius 2 is 2.38 bits per heavy atom. The second kappa shape index (κ2) is 5.20. The molecule has 1 amide bonds. The van der Waals surface area contributed by atoms with Gasteiger partial charge in [0, 0.05) is 23.7 Å². The number of amides is 1. The number of nitrogens with one attached hydrogen (secondary N) is 1. The fourth-order valence-electron chi connectivity index (χ4n) is 2.80. The van der Waals surface area contributed by atoms with Crippen LogP contribution in [0.15, 0.2) is 24.3 Å². The van der Waals surface area contributed by atoms with Crippen LogP contribution in [0.2, 0.25) is 5.02 Å². The van der Waals surface area contributed by atoms with Gasteiger partial charge < -0.3 is 14.8 Å². The van der Waals surface area contributed by atoms with Crippen molar-refractivity contribution in [1.29, 1.82) is 0 Å². The summed E-state index contributed by atoms with van der Waals surface area (Å²) in [6, 6.07) is 6.59. The van der Waals surface area contributed by atoms with E-state index in [-0.39, 0.29) is 5.97 Å². The lowest BCUT2D eigenvalue weighted by Gasteiger charge is -2.19. The normalized spacial score (nSPS) is 28.0. The predicted octanol–water partition coefficient (Wildman–Crippen LogP) is 1.57. The van der Waals surface area contributed by atoms with Gasteiger partial charge in [-0.1, -0.05) is 17.7 Å². The molecule has 0 bridgehead atoms. The van der Waals surface area contributed by atoms with Crippen LogP contribution < -0.4 is 10.2 Å². The molecule has 1 N–H and O–H groups in total. The van der Waals surface area contributed by atoms with Crippen LogP contribution in [0, 0.1) is 0 Å². The number of rotatable bonds is 2. The van der Waals surface area contributed by atoms with Gasteiger partial charge in [0.2, 0.25) is 0 Å². The average Bonchev–Trinajstić information content (AvgIpc) is 3.02. The molecule has 6 nitrogen and oxygen atoms in total. The zero-order valence-corrected chi connectivity index (χ0v) is 12.2. The van der Waals surface area contributed by atoms with Crippen LogP contribution in [0.3, 0.4) is 0 Å². The molecule has 0 radical (unpaired) electrons. The van der Waals surface area contributed by atoms with E-state index in [4.69, 9.17) is 21.1 Å². The fraction of sp³-hybridized carbons (Fsp3) is 0.429. The first-order chi connectivity index (χ1) is 10.0. The Bertz CT molecular complexity index is 594. The molecule has 0 saturated carbocycles. The van der Waals surface area contributed by atoms with E-state index >= 15 is 0 Å². The molecule has 2 aliphatic rings. The Morgan fingerprint density at radius 1 is 1.57 bits per heavy atom. The third-order valence-corrected chi connectivity index (χ3v) is 4.06. The SMILES string of the molecule is COC(=O)C1CC2(CN1)CN(c1cccc(Cl)c1)C(=O)O2. The van der Waals surface area contributed by atoms with Crippen molar-refractivity contribution in [2.45, 2.75) is 18.1 Å². The number of carbonyl (C=O) groups is 2. The summed E-state index contributed by atoms with van der Waals surface area (Å²) in [6.07, 6.45) is -0.0211. The minimum absolute atomic E-state index is 0.343. The maximum atomic E-state index is 12.1. The number of hydrogen-bond acceptors (Lipinski definition) is 5. The van der Waals surface area contributed by atoms with Crippen molar-refractivity contribution < 1.29 is 19.1 Å². The lowest BCUT2D eigenvalue weighted by Crippen LogP contribution is -2.36. The van der Waals surface area contributed by atoms with Crippen molar-refractivity contribution in [3.8, 4) is 0 Å². The molecule has 2 heterocycles. The summed E-state index contributed by atoms with van der Waals surface area (Å²) in [5.74, 6) is -0.343. The zero-order chi connectivity index (χ0) is 15.0. The molecule has 2 fully saturated rings. The first-order valence-electron chi connectivity index (χ1n) is 6.60. The van der Waals surface area contributed by atoms with Crippen LogP contribution in [0.4, 0.5) is 10.5 Å². The summed E-state index contributed by atoms with van der Waals surface area (Å²) in [6.45, 7) is 0.808. The van der Waals surface area contributed by atoms with Gasteiger partial charge in [0.1, 0.15) is 11.6 Å². The second-order valence-electron chi connectivity index (χ2n) is 5.28. The highest BCUT2D eigenvalue weighted by atomic mass is 35.5. The first-order valence-corrected chi connectivity index (χ1v) is 6.98. The molecule has 2 aliphatic heterocycles. The van der Waals surface area contributed by atoms with Crippen LogP contribution in [0.1, 0.15) is 6.42 Å². The van der Waals surface area contributed by atoms with Gasteiger partial charge in [-0.15, -0.1) is 0 Å². The van der Waals surface area contributed by atoms with E-state index < -0.39 is 17.7 Å². The minimum atomic E-state index is -0.696. The molecular weight excluding hydrogens is 296 g/mol. The zero-order valence-electron chi connectivity index (χ0n) is 11.5. The molecule has 3 rings (SSSR count). The van der Waals surface area contributed by atoms with Gasteiger partial charge in [-0.3, -0.25) is 9.69 Å². The molecule has 21 heavy (non-hydrogen) atoms. The van der Waals surface area contributed by atoms with Crippen LogP contribution in [-0.4, -0.2) is 43.9 Å². The first kappa shape index (κ1) is 14.2. The lowest BCUT2D eigenvalue weighted by molar-refractivity contribution is -0.143. The number of carbonyl (C=O) groups excluding carboxylic acids is 2. The molecule has 0 aliphatic carbocycles. The summed E-state index contributed by atoms with van der Waals surface area (Å²) in [5, 5.41) is 3.59. The molecule has 7 heteroatoms. The van der Waals surface area contributed by atoms with Gasteiger partial charge in [-0.2, -0.15) is 0 Å². The molecule has 0 aromatic heterocycles. The summed E-state index contributed by atoms with van der Waals surface area (Å²) >= 11 is 5.95. The topological polar surface area (TPSA) is 67.9 Å². The Kier molecular flexibility index (Phi) is 3.51. The lowest BCUT2D eigenvalue weighted by atomic mass is 10.00. The summed E-state index contributed by atoms with van der Waals surface area (Å²) in [7, 11) is 1.34. The van der Waals surface area contributed by atoms with Crippen molar-refractivity contribution in [2.24, 2.45) is 0 Å². The maximum absolute atomic E-state index is 12.1. The third kappa shape index (κ3) is 2.56. The van der Waals surface area contributed by atoms with Gasteiger partial charge in [0.25, 0.3) is 0 Å². The van der Waals surface area contributed by atoms with Crippen molar-refractivity contribution in [2.75, 3.05) is 25.1 Å². The van der Waals surface area contributed by atoms with E-state index in [1.165, 1.54) is 12.0 Å². The Balaban J connectivity index is 1.78. The molecule has 2 unspecified atom stereocenters. The van der Waals surface area contributed by atoms with Crippen molar-refractivity contribution in [1.82, 2.24) is 5.32 Å². The second-order valence-corrected chi connectivity index (χ2v) is 5.71. The number of methoxy groups -OCH3 is 1. The van der Waals surface area contributed by atoms with Crippen molar-refractivity contribution in [3.63, 3.8) is 0 Å². The fourth-order valence-corrected chi connectivity index (χ4v) is 2.98. The molecule has 2 saturated heterocycles. The Labute approximate surface area is 127 Å². The monoisotopic (exact) mass is 310 g/mol. The van der Waals surface area contributed by atoms with Gasteiger partial charge in [0.15, 0.2) is 0 Å². The molecular formula is C14H15ClN2O4. The number of halogens is 1. The largest absolute Gasteiger partial charge is 0.468 e. The average molecular weight is 311 g/mol. The predicted molar refractivity (Wildman–Crippen MR) is 76.4 cm³/mol. The Hall–Kier alpha value is -1.79. The van der Waals surface area contributed by atoms with Crippen LogP contribution in [0.25, 0.3) is 0 Å². The highest BCUT2D eigenvalue weighted by molar-refractivity contribution is 6.30. The van der Waals surface area contributed by atoms with E-state index in [1.54, 1.807) is 24.3 Å². The van der Waals surface area contributed by atoms with E-state index in [0.717, 1.165) is 0 Å². The van der Waals surface area contributed by atoms with E-state index in [1.807, 2.05) is 0 Å². The number of ether oxygens (including phenoxy) is 2. The smallest absolute Gasteiger partial charge is 0.415 e. The molecule has 1 aromatic rings. The molecule has 2 atom stereocenters. The number of hydrogen-bond donors (Lipinski definition) is 1. The molecule has 112 valence electrons.